The van der Waals surface area contributed by atoms with Gasteiger partial charge in [0.1, 0.15) is 10.3 Å². The molecule has 1 aliphatic rings. The van der Waals surface area contributed by atoms with Crippen LogP contribution in [0.2, 0.25) is 0 Å². The van der Waals surface area contributed by atoms with Crippen molar-refractivity contribution in [1.29, 1.82) is 0 Å². The van der Waals surface area contributed by atoms with E-state index in [1.165, 1.54) is 23.1 Å². The molecule has 5 N–H and O–H groups in total. The number of amides is 2. The Balaban J connectivity index is 1.49. The number of nitrogens with one attached hydrogen (secondary N) is 3. The molecule has 3 aromatic rings. The number of nitrogens with zero attached hydrogens (tertiary/aromatic N) is 2. The van der Waals surface area contributed by atoms with Crippen LogP contribution in [-0.2, 0) is 10.3 Å². The minimum absolute atomic E-state index is 0.190. The number of H-pyrrole nitrogens is 1. The van der Waals surface area contributed by atoms with Gasteiger partial charge in [-0.25, -0.2) is 4.98 Å². The highest BCUT2D eigenvalue weighted by Gasteiger charge is 2.28. The van der Waals surface area contributed by atoms with Crippen LogP contribution in [0.4, 0.5) is 5.82 Å². The zero-order valence-corrected chi connectivity index (χ0v) is 17.5. The van der Waals surface area contributed by atoms with Crippen LogP contribution < -0.4 is 16.4 Å². The second-order valence-corrected chi connectivity index (χ2v) is 9.30. The number of carbonyl (C=O) groups is 2. The molecule has 0 saturated heterocycles. The van der Waals surface area contributed by atoms with E-state index in [1.54, 1.807) is 5.41 Å². The summed E-state index contributed by atoms with van der Waals surface area (Å²) < 4.78 is 0. The van der Waals surface area contributed by atoms with Crippen LogP contribution in [0.5, 0.6) is 0 Å². The lowest BCUT2D eigenvalue weighted by Crippen LogP contribution is -2.40. The lowest BCUT2D eigenvalue weighted by atomic mass is 9.94. The summed E-state index contributed by atoms with van der Waals surface area (Å²) in [5.41, 5.74) is 7.33. The summed E-state index contributed by atoms with van der Waals surface area (Å²) in [4.78, 5) is 30.2. The minimum atomic E-state index is -0.556. The lowest BCUT2D eigenvalue weighted by Gasteiger charge is -2.26. The Morgan fingerprint density at radius 1 is 1.28 bits per heavy atom. The maximum Gasteiger partial charge on any atom is 0.281 e. The van der Waals surface area contributed by atoms with Crippen LogP contribution in [0.25, 0.3) is 10.3 Å². The fourth-order valence-electron chi connectivity index (χ4n) is 3.00. The first-order valence-electron chi connectivity index (χ1n) is 8.97. The summed E-state index contributed by atoms with van der Waals surface area (Å²) in [6, 6.07) is 9.73. The van der Waals surface area contributed by atoms with Gasteiger partial charge in [-0.3, -0.25) is 14.7 Å². The van der Waals surface area contributed by atoms with E-state index in [9.17, 15) is 9.59 Å². The highest BCUT2D eigenvalue weighted by molar-refractivity contribution is 8.03. The molecule has 4 rings (SSSR count). The molecule has 0 bridgehead atoms. The summed E-state index contributed by atoms with van der Waals surface area (Å²) in [5, 5.41) is 14.5. The molecule has 3 heterocycles. The second kappa shape index (κ2) is 7.53. The van der Waals surface area contributed by atoms with Gasteiger partial charge in [0, 0.05) is 12.1 Å². The third-order valence-corrected chi connectivity index (χ3v) is 6.68. The van der Waals surface area contributed by atoms with Crippen molar-refractivity contribution < 1.29 is 9.59 Å². The number of anilines is 1. The van der Waals surface area contributed by atoms with Gasteiger partial charge in [-0.2, -0.15) is 5.10 Å². The molecular formula is C19H20N6O2S2. The van der Waals surface area contributed by atoms with E-state index < -0.39 is 5.54 Å². The Morgan fingerprint density at radius 3 is 2.72 bits per heavy atom. The number of carbonyl (C=O) groups excluding carboxylic acids is 2. The molecule has 1 unspecified atom stereocenters. The second-order valence-electron chi connectivity index (χ2n) is 7.22. The van der Waals surface area contributed by atoms with Crippen molar-refractivity contribution in [3.05, 3.63) is 52.0 Å². The third-order valence-electron chi connectivity index (χ3n) is 4.58. The smallest absolute Gasteiger partial charge is 0.281 e. The molecule has 8 nitrogen and oxygen atoms in total. The van der Waals surface area contributed by atoms with Crippen molar-refractivity contribution in [1.82, 2.24) is 20.5 Å². The zero-order valence-electron chi connectivity index (χ0n) is 15.9. The van der Waals surface area contributed by atoms with Crippen molar-refractivity contribution in [2.45, 2.75) is 31.1 Å². The number of fused-ring (bicyclic) bond motifs is 1. The zero-order chi connectivity index (χ0) is 20.6. The summed E-state index contributed by atoms with van der Waals surface area (Å²) in [5.74, 6) is -0.160. The highest BCUT2D eigenvalue weighted by atomic mass is 32.2. The number of aromatic nitrogens is 3. The fourth-order valence-corrected chi connectivity index (χ4v) is 4.71. The Labute approximate surface area is 175 Å². The van der Waals surface area contributed by atoms with Crippen molar-refractivity contribution in [2.75, 3.05) is 5.32 Å². The molecule has 1 aromatic carbocycles. The topological polar surface area (TPSA) is 126 Å². The molecule has 0 spiro atoms. The standard InChI is InChI=1S/C19H20N6O2S2/c1-19(2,10-6-4-3-5-7-10)23-16(27)18-21-13-14(24-25-17(13)29-18)22-15(26)12-8-11(20)9-28-12/h3-7,9,12H,8,20H2,1-2H3,(H,23,27)(H2,22,24,25,26). The lowest BCUT2D eigenvalue weighted by molar-refractivity contribution is -0.115. The number of allylic oxidation sites excluding steroid dienone is 1. The molecule has 2 amide bonds. The molecule has 2 aromatic heterocycles. The first-order chi connectivity index (χ1) is 13.8. The van der Waals surface area contributed by atoms with E-state index in [1.807, 2.05) is 44.2 Å². The van der Waals surface area contributed by atoms with Crippen LogP contribution in [-0.4, -0.2) is 32.2 Å². The number of aromatic amines is 1. The van der Waals surface area contributed by atoms with Gasteiger partial charge in [0.25, 0.3) is 5.91 Å². The monoisotopic (exact) mass is 428 g/mol. The van der Waals surface area contributed by atoms with Crippen LogP contribution in [0, 0.1) is 0 Å². The average molecular weight is 429 g/mol. The fraction of sp³-hybridized carbons (Fsp3) is 0.263. The predicted octanol–water partition coefficient (Wildman–Crippen LogP) is 2.93. The third kappa shape index (κ3) is 3.99. The molecule has 1 atom stereocenters. The molecule has 0 aliphatic carbocycles. The van der Waals surface area contributed by atoms with Crippen LogP contribution in [0.15, 0.2) is 41.4 Å². The Morgan fingerprint density at radius 2 is 2.03 bits per heavy atom. The quantitative estimate of drug-likeness (QED) is 0.495. The largest absolute Gasteiger partial charge is 0.402 e. The average Bonchev–Trinajstić information content (AvgIpc) is 3.39. The Bertz CT molecular complexity index is 1100. The summed E-state index contributed by atoms with van der Waals surface area (Å²) in [6.07, 6.45) is 0.503. The summed E-state index contributed by atoms with van der Waals surface area (Å²) >= 11 is 2.58. The molecule has 1 aliphatic heterocycles. The Hall–Kier alpha value is -2.85. The van der Waals surface area contributed by atoms with Crippen molar-refractivity contribution in [2.24, 2.45) is 5.73 Å². The number of thiazole rings is 1. The maximum absolute atomic E-state index is 12.8. The molecule has 10 heteroatoms. The SMILES string of the molecule is CC(C)(NC(=O)c1nc2c(NC(=O)C3CC(N)=CS3)n[nH]c2s1)c1ccccc1. The molecule has 0 saturated carbocycles. The van der Waals surface area contributed by atoms with Gasteiger partial charge in [0.05, 0.1) is 10.8 Å². The number of hydrogen-bond acceptors (Lipinski definition) is 7. The van der Waals surface area contributed by atoms with Gasteiger partial charge in [-0.1, -0.05) is 41.7 Å². The molecule has 150 valence electrons. The number of thioether (sulfide) groups is 1. The van der Waals surface area contributed by atoms with Crippen LogP contribution in [0.1, 0.15) is 35.6 Å². The number of rotatable bonds is 5. The first kappa shape index (κ1) is 19.5. The minimum Gasteiger partial charge on any atom is -0.402 e. The number of nitrogens with two attached hydrogens (primary N) is 1. The normalized spacial score (nSPS) is 16.6. The van der Waals surface area contributed by atoms with E-state index in [0.29, 0.717) is 33.3 Å². The molecule has 29 heavy (non-hydrogen) atoms. The maximum atomic E-state index is 12.8. The number of benzene rings is 1. The summed E-state index contributed by atoms with van der Waals surface area (Å²) in [7, 11) is 0. The van der Waals surface area contributed by atoms with Crippen molar-refractivity contribution in [3.63, 3.8) is 0 Å². The van der Waals surface area contributed by atoms with Gasteiger partial charge in [-0.15, -0.1) is 11.8 Å². The van der Waals surface area contributed by atoms with Gasteiger partial charge < -0.3 is 16.4 Å². The van der Waals surface area contributed by atoms with E-state index in [4.69, 9.17) is 5.73 Å². The van der Waals surface area contributed by atoms with Crippen LogP contribution in [0.3, 0.4) is 0 Å². The Kier molecular flexibility index (Phi) is 5.05. The molecular weight excluding hydrogens is 408 g/mol. The van der Waals surface area contributed by atoms with Crippen molar-refractivity contribution in [3.8, 4) is 0 Å². The molecule has 0 fully saturated rings. The number of hydrogen-bond donors (Lipinski definition) is 4. The van der Waals surface area contributed by atoms with Gasteiger partial charge >= 0.3 is 0 Å². The molecule has 0 radical (unpaired) electrons. The van der Waals surface area contributed by atoms with Crippen LogP contribution >= 0.6 is 23.1 Å². The summed E-state index contributed by atoms with van der Waals surface area (Å²) in [6.45, 7) is 3.87. The van der Waals surface area contributed by atoms with E-state index >= 15 is 0 Å². The van der Waals surface area contributed by atoms with Crippen molar-refractivity contribution >= 4 is 51.1 Å². The van der Waals surface area contributed by atoms with E-state index in [-0.39, 0.29) is 17.1 Å². The van der Waals surface area contributed by atoms with Gasteiger partial charge in [0.15, 0.2) is 10.8 Å². The first-order valence-corrected chi connectivity index (χ1v) is 10.7. The van der Waals surface area contributed by atoms with Gasteiger partial charge in [-0.05, 0) is 24.8 Å². The predicted molar refractivity (Wildman–Crippen MR) is 116 cm³/mol. The van der Waals surface area contributed by atoms with E-state index in [0.717, 1.165) is 5.56 Å². The van der Waals surface area contributed by atoms with E-state index in [2.05, 4.69) is 25.8 Å². The van der Waals surface area contributed by atoms with Gasteiger partial charge in [0.2, 0.25) is 5.91 Å². The highest BCUT2D eigenvalue weighted by Crippen LogP contribution is 2.30.